The summed E-state index contributed by atoms with van der Waals surface area (Å²) < 4.78 is 25.7. The van der Waals surface area contributed by atoms with E-state index in [1.165, 1.54) is 18.2 Å². The number of hydrogen-bond acceptors (Lipinski definition) is 4. The highest BCUT2D eigenvalue weighted by Crippen LogP contribution is 2.33. The third kappa shape index (κ3) is 2.26. The van der Waals surface area contributed by atoms with Crippen LogP contribution in [0.3, 0.4) is 0 Å². The second kappa shape index (κ2) is 4.75. The third-order valence-corrected chi connectivity index (χ3v) is 5.25. The Labute approximate surface area is 127 Å². The number of carbonyl (C=O) groups excluding carboxylic acids is 1. The molecule has 0 atom stereocenters. The predicted molar refractivity (Wildman–Crippen MR) is 79.4 cm³/mol. The molecule has 0 fully saturated rings. The van der Waals surface area contributed by atoms with Gasteiger partial charge in [-0.2, -0.15) is 0 Å². The van der Waals surface area contributed by atoms with E-state index in [9.17, 15) is 13.2 Å². The van der Waals surface area contributed by atoms with Crippen LogP contribution in [0, 0.1) is 0 Å². The van der Waals surface area contributed by atoms with E-state index in [-0.39, 0.29) is 17.0 Å². The first-order valence-corrected chi connectivity index (χ1v) is 7.92. The van der Waals surface area contributed by atoms with Gasteiger partial charge in [0.2, 0.25) is 0 Å². The molecule has 5 nitrogen and oxygen atoms in total. The van der Waals surface area contributed by atoms with Crippen molar-refractivity contribution in [1.82, 2.24) is 4.31 Å². The lowest BCUT2D eigenvalue weighted by atomic mass is 10.2. The Morgan fingerprint density at radius 1 is 1.14 bits per heavy atom. The van der Waals surface area contributed by atoms with Gasteiger partial charge in [-0.05, 0) is 35.9 Å². The summed E-state index contributed by atoms with van der Waals surface area (Å²) >= 11 is 5.88. The minimum absolute atomic E-state index is 0.0467. The van der Waals surface area contributed by atoms with Gasteiger partial charge in [-0.3, -0.25) is 4.79 Å². The predicted octanol–water partition coefficient (Wildman–Crippen LogP) is 2.27. The quantitative estimate of drug-likeness (QED) is 0.860. The number of carbonyl (C=O) groups is 1. The van der Waals surface area contributed by atoms with Gasteiger partial charge in [-0.25, -0.2) is 12.7 Å². The van der Waals surface area contributed by atoms with E-state index in [0.29, 0.717) is 16.3 Å². The monoisotopic (exact) mass is 322 g/mol. The number of amides is 1. The van der Waals surface area contributed by atoms with Crippen molar-refractivity contribution in [3.63, 3.8) is 0 Å². The van der Waals surface area contributed by atoms with E-state index in [0.717, 1.165) is 4.31 Å². The largest absolute Gasteiger partial charge is 0.399 e. The van der Waals surface area contributed by atoms with Gasteiger partial charge in [0.1, 0.15) is 4.90 Å². The lowest BCUT2D eigenvalue weighted by Crippen LogP contribution is -2.29. The van der Waals surface area contributed by atoms with E-state index >= 15 is 0 Å². The first kappa shape index (κ1) is 13.9. The van der Waals surface area contributed by atoms with Gasteiger partial charge in [-0.15, -0.1) is 0 Å². The number of nitrogens with two attached hydrogens (primary N) is 1. The zero-order valence-corrected chi connectivity index (χ0v) is 12.4. The molecule has 0 saturated carbocycles. The summed E-state index contributed by atoms with van der Waals surface area (Å²) in [7, 11) is -3.87. The SMILES string of the molecule is Nc1ccc2c(c1)S(=O)(=O)N(Cc1cccc(Cl)c1)C2=O. The van der Waals surface area contributed by atoms with Crippen molar-refractivity contribution < 1.29 is 13.2 Å². The number of fused-ring (bicyclic) bond motifs is 1. The molecule has 0 aliphatic carbocycles. The molecule has 2 aromatic rings. The first-order valence-electron chi connectivity index (χ1n) is 6.10. The minimum atomic E-state index is -3.87. The standard InChI is InChI=1S/C14H11ClN2O3S/c15-10-3-1-2-9(6-10)8-17-14(18)12-5-4-11(16)7-13(12)21(17,19)20/h1-7H,8,16H2. The molecule has 1 aliphatic rings. The Hall–Kier alpha value is -2.05. The molecule has 0 aromatic heterocycles. The molecule has 1 heterocycles. The molecule has 0 saturated heterocycles. The van der Waals surface area contributed by atoms with Gasteiger partial charge < -0.3 is 5.73 Å². The zero-order valence-electron chi connectivity index (χ0n) is 10.8. The second-order valence-electron chi connectivity index (χ2n) is 4.70. The average Bonchev–Trinajstić information content (AvgIpc) is 2.60. The van der Waals surface area contributed by atoms with Gasteiger partial charge in [0, 0.05) is 10.7 Å². The highest BCUT2D eigenvalue weighted by molar-refractivity contribution is 7.90. The summed E-state index contributed by atoms with van der Waals surface area (Å²) in [6.45, 7) is -0.0592. The molecule has 0 unspecified atom stereocenters. The van der Waals surface area contributed by atoms with Crippen LogP contribution in [0.4, 0.5) is 5.69 Å². The molecule has 108 valence electrons. The van der Waals surface area contributed by atoms with Crippen molar-refractivity contribution in [2.45, 2.75) is 11.4 Å². The van der Waals surface area contributed by atoms with Crippen LogP contribution in [0.25, 0.3) is 0 Å². The summed E-state index contributed by atoms with van der Waals surface area (Å²) in [6.07, 6.45) is 0. The maximum absolute atomic E-state index is 12.5. The molecule has 7 heteroatoms. The molecule has 2 N–H and O–H groups in total. The number of rotatable bonds is 2. The van der Waals surface area contributed by atoms with Crippen molar-refractivity contribution in [2.75, 3.05) is 5.73 Å². The number of anilines is 1. The Kier molecular flexibility index (Phi) is 3.15. The summed E-state index contributed by atoms with van der Waals surface area (Å²) in [5.74, 6) is -0.551. The van der Waals surface area contributed by atoms with Crippen LogP contribution in [0.2, 0.25) is 5.02 Å². The summed E-state index contributed by atoms with van der Waals surface area (Å²) in [5.41, 5.74) is 6.69. The van der Waals surface area contributed by atoms with E-state index in [1.807, 2.05) is 0 Å². The lowest BCUT2D eigenvalue weighted by molar-refractivity contribution is 0.0865. The molecule has 0 radical (unpaired) electrons. The van der Waals surface area contributed by atoms with Crippen LogP contribution < -0.4 is 5.73 Å². The number of nitrogens with zero attached hydrogens (tertiary/aromatic N) is 1. The fourth-order valence-electron chi connectivity index (χ4n) is 2.25. The highest BCUT2D eigenvalue weighted by Gasteiger charge is 2.41. The van der Waals surface area contributed by atoms with Crippen molar-refractivity contribution in [3.05, 3.63) is 58.6 Å². The molecule has 21 heavy (non-hydrogen) atoms. The molecule has 0 spiro atoms. The van der Waals surface area contributed by atoms with Crippen LogP contribution in [0.15, 0.2) is 47.4 Å². The molecule has 1 amide bonds. The van der Waals surface area contributed by atoms with E-state index in [4.69, 9.17) is 17.3 Å². The fraction of sp³-hybridized carbons (Fsp3) is 0.0714. The van der Waals surface area contributed by atoms with E-state index in [1.54, 1.807) is 24.3 Å². The summed E-state index contributed by atoms with van der Waals surface area (Å²) in [4.78, 5) is 12.2. The van der Waals surface area contributed by atoms with Crippen molar-refractivity contribution in [2.24, 2.45) is 0 Å². The van der Waals surface area contributed by atoms with Crippen molar-refractivity contribution >= 4 is 33.2 Å². The Morgan fingerprint density at radius 3 is 2.62 bits per heavy atom. The number of nitrogen functional groups attached to an aromatic ring is 1. The molecule has 1 aliphatic heterocycles. The average molecular weight is 323 g/mol. The topological polar surface area (TPSA) is 80.5 Å². The van der Waals surface area contributed by atoms with Crippen LogP contribution in [-0.2, 0) is 16.6 Å². The van der Waals surface area contributed by atoms with E-state index < -0.39 is 15.9 Å². The first-order chi connectivity index (χ1) is 9.89. The maximum Gasteiger partial charge on any atom is 0.269 e. The number of benzene rings is 2. The number of sulfonamides is 1. The number of halogens is 1. The zero-order chi connectivity index (χ0) is 15.2. The normalized spacial score (nSPS) is 16.0. The van der Waals surface area contributed by atoms with Gasteiger partial charge >= 0.3 is 0 Å². The molecule has 0 bridgehead atoms. The highest BCUT2D eigenvalue weighted by atomic mass is 35.5. The van der Waals surface area contributed by atoms with Gasteiger partial charge in [-0.1, -0.05) is 23.7 Å². The van der Waals surface area contributed by atoms with Gasteiger partial charge in [0.15, 0.2) is 0 Å². The molecule has 2 aromatic carbocycles. The van der Waals surface area contributed by atoms with Gasteiger partial charge in [0.25, 0.3) is 15.9 Å². The third-order valence-electron chi connectivity index (χ3n) is 3.25. The lowest BCUT2D eigenvalue weighted by Gasteiger charge is -2.15. The Morgan fingerprint density at radius 2 is 1.90 bits per heavy atom. The van der Waals surface area contributed by atoms with E-state index in [2.05, 4.69) is 0 Å². The minimum Gasteiger partial charge on any atom is -0.399 e. The van der Waals surface area contributed by atoms with Crippen LogP contribution >= 0.6 is 11.6 Å². The Balaban J connectivity index is 2.04. The molecular formula is C14H11ClN2O3S. The smallest absolute Gasteiger partial charge is 0.269 e. The summed E-state index contributed by atoms with van der Waals surface area (Å²) in [5, 5.41) is 0.485. The Bertz CT molecular complexity index is 849. The van der Waals surface area contributed by atoms with Crippen molar-refractivity contribution in [3.8, 4) is 0 Å². The second-order valence-corrected chi connectivity index (χ2v) is 6.97. The van der Waals surface area contributed by atoms with Crippen LogP contribution in [0.1, 0.15) is 15.9 Å². The fourth-order valence-corrected chi connectivity index (χ4v) is 4.05. The number of hydrogen-bond donors (Lipinski definition) is 1. The maximum atomic E-state index is 12.5. The molecular weight excluding hydrogens is 312 g/mol. The van der Waals surface area contributed by atoms with Crippen LogP contribution in [0.5, 0.6) is 0 Å². The summed E-state index contributed by atoms with van der Waals surface area (Å²) in [6, 6.07) is 11.0. The molecule has 3 rings (SSSR count). The van der Waals surface area contributed by atoms with Gasteiger partial charge in [0.05, 0.1) is 12.1 Å². The van der Waals surface area contributed by atoms with Crippen LogP contribution in [-0.4, -0.2) is 18.6 Å². The van der Waals surface area contributed by atoms with Crippen molar-refractivity contribution in [1.29, 1.82) is 0 Å².